The van der Waals surface area contributed by atoms with Crippen LogP contribution in [-0.2, 0) is 4.79 Å². The molecule has 3 nitrogen and oxygen atoms in total. The predicted molar refractivity (Wildman–Crippen MR) is 51.7 cm³/mol. The van der Waals surface area contributed by atoms with Crippen LogP contribution >= 0.6 is 0 Å². The van der Waals surface area contributed by atoms with Gasteiger partial charge in [0.15, 0.2) is 0 Å². The van der Waals surface area contributed by atoms with Crippen molar-refractivity contribution >= 4 is 5.91 Å². The van der Waals surface area contributed by atoms with Crippen LogP contribution in [0.4, 0.5) is 8.78 Å². The van der Waals surface area contributed by atoms with Gasteiger partial charge in [0.05, 0.1) is 6.54 Å². The van der Waals surface area contributed by atoms with E-state index in [1.54, 1.807) is 16.8 Å². The number of nitrogens with zero attached hydrogens (tertiary/aromatic N) is 2. The van der Waals surface area contributed by atoms with Crippen molar-refractivity contribution in [2.45, 2.75) is 19.3 Å². The Kier molecular flexibility index (Phi) is 2.66. The number of hydrogen-bond donors (Lipinski definition) is 0. The minimum Gasteiger partial charge on any atom is -0.345 e. The van der Waals surface area contributed by atoms with Crippen LogP contribution in [0.2, 0.25) is 0 Å². The largest absolute Gasteiger partial charge is 0.345 e. The average molecular weight is 218 g/mol. The summed E-state index contributed by atoms with van der Waals surface area (Å²) in [5, 5.41) is 0. The molecule has 2 aliphatic rings. The highest BCUT2D eigenvalue weighted by Crippen LogP contribution is 2.39. The first-order chi connectivity index (χ1) is 7.01. The molecular weight excluding hydrogens is 202 g/mol. The number of carbonyl (C=O) groups excluding carboxylic acids is 1. The molecule has 86 valence electrons. The van der Waals surface area contributed by atoms with Gasteiger partial charge >= 0.3 is 0 Å². The SMILES string of the molecule is CN1C[C@]2(CCN(CC(F)F)C2)CC1=O. The lowest BCUT2D eigenvalue weighted by atomic mass is 9.86. The smallest absolute Gasteiger partial charge is 0.251 e. The molecule has 0 aromatic carbocycles. The van der Waals surface area contributed by atoms with Crippen molar-refractivity contribution in [3.8, 4) is 0 Å². The molecule has 2 saturated heterocycles. The zero-order valence-corrected chi connectivity index (χ0v) is 8.88. The molecular formula is C10H16F2N2O. The molecule has 2 fully saturated rings. The minimum absolute atomic E-state index is 0.0409. The fraction of sp³-hybridized carbons (Fsp3) is 0.900. The van der Waals surface area contributed by atoms with Gasteiger partial charge in [-0.1, -0.05) is 0 Å². The van der Waals surface area contributed by atoms with Crippen molar-refractivity contribution in [3.63, 3.8) is 0 Å². The molecule has 0 aliphatic carbocycles. The Morgan fingerprint density at radius 1 is 1.47 bits per heavy atom. The molecule has 0 saturated carbocycles. The van der Waals surface area contributed by atoms with Gasteiger partial charge in [-0.05, 0) is 13.0 Å². The van der Waals surface area contributed by atoms with Crippen LogP contribution in [0.3, 0.4) is 0 Å². The Hall–Kier alpha value is -0.710. The highest BCUT2D eigenvalue weighted by Gasteiger charge is 2.46. The van der Waals surface area contributed by atoms with E-state index in [0.717, 1.165) is 13.0 Å². The summed E-state index contributed by atoms with van der Waals surface area (Å²) in [5.41, 5.74) is -0.0409. The van der Waals surface area contributed by atoms with Crippen molar-refractivity contribution in [2.24, 2.45) is 5.41 Å². The highest BCUT2D eigenvalue weighted by molar-refractivity contribution is 5.79. The lowest BCUT2D eigenvalue weighted by molar-refractivity contribution is -0.126. The van der Waals surface area contributed by atoms with Gasteiger partial charge in [0.1, 0.15) is 0 Å². The third kappa shape index (κ3) is 2.12. The highest BCUT2D eigenvalue weighted by atomic mass is 19.3. The van der Waals surface area contributed by atoms with E-state index in [9.17, 15) is 13.6 Å². The molecule has 2 heterocycles. The maximum absolute atomic E-state index is 12.2. The van der Waals surface area contributed by atoms with E-state index >= 15 is 0 Å². The van der Waals surface area contributed by atoms with Crippen LogP contribution < -0.4 is 0 Å². The van der Waals surface area contributed by atoms with Gasteiger partial charge in [0.2, 0.25) is 5.91 Å². The Morgan fingerprint density at radius 2 is 2.20 bits per heavy atom. The van der Waals surface area contributed by atoms with E-state index < -0.39 is 6.43 Å². The van der Waals surface area contributed by atoms with Gasteiger partial charge in [0, 0.05) is 32.0 Å². The Balaban J connectivity index is 1.95. The molecule has 1 amide bonds. The number of hydrogen-bond acceptors (Lipinski definition) is 2. The molecule has 15 heavy (non-hydrogen) atoms. The molecule has 0 aromatic heterocycles. The van der Waals surface area contributed by atoms with E-state index in [1.165, 1.54) is 0 Å². The van der Waals surface area contributed by atoms with Crippen LogP contribution in [0.5, 0.6) is 0 Å². The molecule has 0 bridgehead atoms. The molecule has 0 radical (unpaired) electrons. The number of carbonyl (C=O) groups is 1. The molecule has 0 unspecified atom stereocenters. The Labute approximate surface area is 88.0 Å². The van der Waals surface area contributed by atoms with E-state index in [4.69, 9.17) is 0 Å². The van der Waals surface area contributed by atoms with Gasteiger partial charge in [-0.3, -0.25) is 9.69 Å². The predicted octanol–water partition coefficient (Wildman–Crippen LogP) is 0.806. The second kappa shape index (κ2) is 3.70. The van der Waals surface area contributed by atoms with Crippen molar-refractivity contribution in [3.05, 3.63) is 0 Å². The van der Waals surface area contributed by atoms with Crippen LogP contribution in [-0.4, -0.2) is 55.4 Å². The molecule has 0 N–H and O–H groups in total. The van der Waals surface area contributed by atoms with Gasteiger partial charge in [-0.2, -0.15) is 0 Å². The van der Waals surface area contributed by atoms with E-state index in [1.807, 2.05) is 0 Å². The van der Waals surface area contributed by atoms with Crippen LogP contribution in [0.15, 0.2) is 0 Å². The van der Waals surface area contributed by atoms with E-state index in [2.05, 4.69) is 0 Å². The van der Waals surface area contributed by atoms with Crippen molar-refractivity contribution in [1.82, 2.24) is 9.80 Å². The maximum atomic E-state index is 12.2. The summed E-state index contributed by atoms with van der Waals surface area (Å²) < 4.78 is 24.4. The van der Waals surface area contributed by atoms with E-state index in [-0.39, 0.29) is 17.9 Å². The lowest BCUT2D eigenvalue weighted by Crippen LogP contribution is -2.32. The summed E-state index contributed by atoms with van der Waals surface area (Å²) in [6.45, 7) is 1.92. The first kappa shape index (κ1) is 10.8. The fourth-order valence-corrected chi connectivity index (χ4v) is 2.76. The summed E-state index contributed by atoms with van der Waals surface area (Å²) in [6.07, 6.45) is -0.867. The first-order valence-electron chi connectivity index (χ1n) is 5.25. The normalized spacial score (nSPS) is 32.5. The van der Waals surface area contributed by atoms with Crippen LogP contribution in [0, 0.1) is 5.41 Å². The lowest BCUT2D eigenvalue weighted by Gasteiger charge is -2.22. The van der Waals surface area contributed by atoms with Crippen LogP contribution in [0.1, 0.15) is 12.8 Å². The van der Waals surface area contributed by atoms with Crippen molar-refractivity contribution in [1.29, 1.82) is 0 Å². The number of likely N-dealkylation sites (tertiary alicyclic amines) is 2. The monoisotopic (exact) mass is 218 g/mol. The number of alkyl halides is 2. The zero-order chi connectivity index (χ0) is 11.1. The van der Waals surface area contributed by atoms with Gasteiger partial charge in [-0.25, -0.2) is 8.78 Å². The Bertz CT molecular complexity index is 272. The number of amides is 1. The molecule has 1 atom stereocenters. The van der Waals surface area contributed by atoms with E-state index in [0.29, 0.717) is 19.5 Å². The molecule has 5 heteroatoms. The zero-order valence-electron chi connectivity index (χ0n) is 8.88. The second-order valence-corrected chi connectivity index (χ2v) is 4.80. The average Bonchev–Trinajstić information content (AvgIpc) is 2.58. The first-order valence-corrected chi connectivity index (χ1v) is 5.25. The topological polar surface area (TPSA) is 23.6 Å². The maximum Gasteiger partial charge on any atom is 0.251 e. The standard InChI is InChI=1S/C10H16F2N2O/c1-13-6-10(4-9(13)15)2-3-14(7-10)5-8(11)12/h8H,2-7H2,1H3/t10-/m0/s1. The summed E-state index contributed by atoms with van der Waals surface area (Å²) in [7, 11) is 1.78. The molecule has 1 spiro atoms. The molecule has 2 rings (SSSR count). The van der Waals surface area contributed by atoms with Gasteiger partial charge in [-0.15, -0.1) is 0 Å². The molecule has 2 aliphatic heterocycles. The third-order valence-electron chi connectivity index (χ3n) is 3.44. The number of rotatable bonds is 2. The van der Waals surface area contributed by atoms with Crippen molar-refractivity contribution in [2.75, 3.05) is 33.2 Å². The van der Waals surface area contributed by atoms with Gasteiger partial charge in [0.25, 0.3) is 6.43 Å². The summed E-state index contributed by atoms with van der Waals surface area (Å²) >= 11 is 0. The molecule has 0 aromatic rings. The van der Waals surface area contributed by atoms with Gasteiger partial charge < -0.3 is 4.90 Å². The Morgan fingerprint density at radius 3 is 2.73 bits per heavy atom. The third-order valence-corrected chi connectivity index (χ3v) is 3.44. The van der Waals surface area contributed by atoms with Crippen LogP contribution in [0.25, 0.3) is 0 Å². The number of halogens is 2. The fourth-order valence-electron chi connectivity index (χ4n) is 2.76. The summed E-state index contributed by atoms with van der Waals surface area (Å²) in [5.74, 6) is 0.147. The quantitative estimate of drug-likeness (QED) is 0.684. The summed E-state index contributed by atoms with van der Waals surface area (Å²) in [6, 6.07) is 0. The second-order valence-electron chi connectivity index (χ2n) is 4.80. The van der Waals surface area contributed by atoms with Crippen molar-refractivity contribution < 1.29 is 13.6 Å². The minimum atomic E-state index is -2.27. The summed E-state index contributed by atoms with van der Waals surface area (Å²) in [4.78, 5) is 14.9.